The van der Waals surface area contributed by atoms with E-state index in [9.17, 15) is 5.11 Å². The van der Waals surface area contributed by atoms with E-state index in [1.54, 1.807) is 31.6 Å². The van der Waals surface area contributed by atoms with Crippen LogP contribution in [0.5, 0.6) is 5.88 Å². The van der Waals surface area contributed by atoms with E-state index in [-0.39, 0.29) is 0 Å². The highest BCUT2D eigenvalue weighted by Crippen LogP contribution is 2.18. The van der Waals surface area contributed by atoms with Gasteiger partial charge in [-0.15, -0.1) is 0 Å². The number of ether oxygens (including phenoxy) is 1. The van der Waals surface area contributed by atoms with E-state index in [1.165, 1.54) is 0 Å². The molecule has 2 rings (SSSR count). The second kappa shape index (κ2) is 4.97. The molecule has 0 amide bonds. The van der Waals surface area contributed by atoms with Crippen molar-refractivity contribution in [3.8, 4) is 5.88 Å². The topological polar surface area (TPSA) is 60.2 Å². The van der Waals surface area contributed by atoms with E-state index in [2.05, 4.69) is 9.97 Å². The molecule has 2 aromatic heterocycles. The summed E-state index contributed by atoms with van der Waals surface area (Å²) < 4.78 is 6.85. The van der Waals surface area contributed by atoms with Crippen molar-refractivity contribution in [2.24, 2.45) is 7.05 Å². The van der Waals surface area contributed by atoms with Crippen LogP contribution in [-0.4, -0.2) is 26.8 Å². The molecule has 0 aliphatic heterocycles. The van der Waals surface area contributed by atoms with Crippen molar-refractivity contribution in [2.75, 3.05) is 7.11 Å². The Morgan fingerprint density at radius 1 is 1.41 bits per heavy atom. The summed E-state index contributed by atoms with van der Waals surface area (Å²) in [7, 11) is 3.47. The quantitative estimate of drug-likeness (QED) is 0.859. The minimum Gasteiger partial charge on any atom is -0.481 e. The number of pyridine rings is 1. The molecule has 0 fully saturated rings. The van der Waals surface area contributed by atoms with Crippen LogP contribution >= 0.6 is 0 Å². The van der Waals surface area contributed by atoms with Crippen LogP contribution in [0.4, 0.5) is 0 Å². The average molecular weight is 233 g/mol. The second-order valence-electron chi connectivity index (χ2n) is 3.81. The standard InChI is InChI=1S/C12H15N3O2/c1-15-6-5-13-11(15)7-10(16)9-3-4-12(17-2)14-8-9/h3-6,8,10,16H,7H2,1-2H3. The Labute approximate surface area is 99.7 Å². The third-order valence-electron chi connectivity index (χ3n) is 2.65. The fourth-order valence-electron chi connectivity index (χ4n) is 1.59. The Morgan fingerprint density at radius 3 is 2.76 bits per heavy atom. The number of aryl methyl sites for hydroxylation is 1. The maximum atomic E-state index is 10.0. The van der Waals surface area contributed by atoms with Gasteiger partial charge < -0.3 is 14.4 Å². The van der Waals surface area contributed by atoms with Crippen LogP contribution in [0.25, 0.3) is 0 Å². The normalized spacial score (nSPS) is 12.4. The molecule has 1 N–H and O–H groups in total. The molecule has 0 aliphatic carbocycles. The summed E-state index contributed by atoms with van der Waals surface area (Å²) in [4.78, 5) is 8.23. The molecule has 0 aliphatic rings. The number of rotatable bonds is 4. The van der Waals surface area contributed by atoms with Gasteiger partial charge in [-0.2, -0.15) is 0 Å². The van der Waals surface area contributed by atoms with E-state index < -0.39 is 6.10 Å². The fraction of sp³-hybridized carbons (Fsp3) is 0.333. The Hall–Kier alpha value is -1.88. The molecule has 0 saturated carbocycles. The predicted octanol–water partition coefficient (Wildman–Crippen LogP) is 1.10. The number of hydrogen-bond acceptors (Lipinski definition) is 4. The number of nitrogens with zero attached hydrogens (tertiary/aromatic N) is 3. The van der Waals surface area contributed by atoms with Crippen LogP contribution in [0.2, 0.25) is 0 Å². The van der Waals surface area contributed by atoms with Crippen LogP contribution < -0.4 is 4.74 Å². The average Bonchev–Trinajstić information content (AvgIpc) is 2.75. The zero-order chi connectivity index (χ0) is 12.3. The summed E-state index contributed by atoms with van der Waals surface area (Å²) in [6.45, 7) is 0. The van der Waals surface area contributed by atoms with Gasteiger partial charge in [-0.3, -0.25) is 0 Å². The largest absolute Gasteiger partial charge is 0.481 e. The van der Waals surface area contributed by atoms with Crippen molar-refractivity contribution in [1.29, 1.82) is 0 Å². The molecule has 2 aromatic rings. The van der Waals surface area contributed by atoms with Gasteiger partial charge in [-0.1, -0.05) is 0 Å². The molecule has 0 saturated heterocycles. The molecule has 2 heterocycles. The zero-order valence-electron chi connectivity index (χ0n) is 9.87. The minimum atomic E-state index is -0.602. The SMILES string of the molecule is COc1ccc(C(O)Cc2nccn2C)cn1. The molecule has 0 radical (unpaired) electrons. The van der Waals surface area contributed by atoms with Crippen LogP contribution in [0.1, 0.15) is 17.5 Å². The molecular weight excluding hydrogens is 218 g/mol. The molecule has 90 valence electrons. The number of aliphatic hydroxyl groups is 1. The first kappa shape index (κ1) is 11.6. The lowest BCUT2D eigenvalue weighted by Crippen LogP contribution is -2.07. The van der Waals surface area contributed by atoms with Crippen molar-refractivity contribution < 1.29 is 9.84 Å². The van der Waals surface area contributed by atoms with Crippen LogP contribution in [0.3, 0.4) is 0 Å². The van der Waals surface area contributed by atoms with E-state index >= 15 is 0 Å². The summed E-state index contributed by atoms with van der Waals surface area (Å²) in [5.41, 5.74) is 0.758. The van der Waals surface area contributed by atoms with Gasteiger partial charge in [0.05, 0.1) is 13.2 Å². The van der Waals surface area contributed by atoms with E-state index in [0.29, 0.717) is 12.3 Å². The van der Waals surface area contributed by atoms with Gasteiger partial charge in [-0.05, 0) is 11.6 Å². The van der Waals surface area contributed by atoms with Crippen LogP contribution in [0, 0.1) is 0 Å². The van der Waals surface area contributed by atoms with Gasteiger partial charge >= 0.3 is 0 Å². The highest BCUT2D eigenvalue weighted by Gasteiger charge is 2.11. The van der Waals surface area contributed by atoms with Gasteiger partial charge in [0.2, 0.25) is 5.88 Å². The number of imidazole rings is 1. The molecule has 0 spiro atoms. The van der Waals surface area contributed by atoms with Crippen molar-refractivity contribution in [3.05, 3.63) is 42.1 Å². The lowest BCUT2D eigenvalue weighted by Gasteiger charge is -2.10. The summed E-state index contributed by atoms with van der Waals surface area (Å²) in [6, 6.07) is 3.54. The summed E-state index contributed by atoms with van der Waals surface area (Å²) in [6.07, 6.45) is 5.06. The van der Waals surface area contributed by atoms with Crippen molar-refractivity contribution in [1.82, 2.24) is 14.5 Å². The number of aliphatic hydroxyl groups excluding tert-OH is 1. The molecule has 1 unspecified atom stereocenters. The van der Waals surface area contributed by atoms with Gasteiger partial charge in [0.1, 0.15) is 5.82 Å². The second-order valence-corrected chi connectivity index (χ2v) is 3.81. The first-order chi connectivity index (χ1) is 8.20. The summed E-state index contributed by atoms with van der Waals surface area (Å²) >= 11 is 0. The third kappa shape index (κ3) is 2.62. The van der Waals surface area contributed by atoms with E-state index in [1.807, 2.05) is 17.8 Å². The molecule has 17 heavy (non-hydrogen) atoms. The maximum absolute atomic E-state index is 10.0. The molecular formula is C12H15N3O2. The van der Waals surface area contributed by atoms with E-state index in [0.717, 1.165) is 11.4 Å². The van der Waals surface area contributed by atoms with Crippen molar-refractivity contribution in [2.45, 2.75) is 12.5 Å². The van der Waals surface area contributed by atoms with Gasteiger partial charge in [0.25, 0.3) is 0 Å². The summed E-state index contributed by atoms with van der Waals surface area (Å²) in [5.74, 6) is 1.38. The first-order valence-electron chi connectivity index (χ1n) is 5.35. The highest BCUT2D eigenvalue weighted by atomic mass is 16.5. The Balaban J connectivity index is 2.09. The molecule has 1 atom stereocenters. The zero-order valence-corrected chi connectivity index (χ0v) is 9.87. The highest BCUT2D eigenvalue weighted by molar-refractivity contribution is 5.20. The van der Waals surface area contributed by atoms with Crippen LogP contribution in [0.15, 0.2) is 30.7 Å². The molecule has 5 heteroatoms. The maximum Gasteiger partial charge on any atom is 0.212 e. The summed E-state index contributed by atoms with van der Waals surface area (Å²) in [5, 5.41) is 10.0. The number of aromatic nitrogens is 3. The molecule has 5 nitrogen and oxygen atoms in total. The number of hydrogen-bond donors (Lipinski definition) is 1. The van der Waals surface area contributed by atoms with Crippen LogP contribution in [-0.2, 0) is 13.5 Å². The van der Waals surface area contributed by atoms with E-state index in [4.69, 9.17) is 4.74 Å². The Kier molecular flexibility index (Phi) is 3.39. The third-order valence-corrected chi connectivity index (χ3v) is 2.65. The number of methoxy groups -OCH3 is 1. The minimum absolute atomic E-state index is 0.470. The Bertz CT molecular complexity index is 479. The monoisotopic (exact) mass is 233 g/mol. The molecule has 0 aromatic carbocycles. The smallest absolute Gasteiger partial charge is 0.212 e. The van der Waals surface area contributed by atoms with Gasteiger partial charge in [0, 0.05) is 38.1 Å². The van der Waals surface area contributed by atoms with Gasteiger partial charge in [0.15, 0.2) is 0 Å². The first-order valence-corrected chi connectivity index (χ1v) is 5.35. The Morgan fingerprint density at radius 2 is 2.24 bits per heavy atom. The fourth-order valence-corrected chi connectivity index (χ4v) is 1.59. The molecule has 0 bridgehead atoms. The van der Waals surface area contributed by atoms with Crippen molar-refractivity contribution >= 4 is 0 Å². The lowest BCUT2D eigenvalue weighted by molar-refractivity contribution is 0.174. The lowest BCUT2D eigenvalue weighted by atomic mass is 10.1. The predicted molar refractivity (Wildman–Crippen MR) is 62.7 cm³/mol. The van der Waals surface area contributed by atoms with Crippen molar-refractivity contribution in [3.63, 3.8) is 0 Å². The van der Waals surface area contributed by atoms with Gasteiger partial charge in [-0.25, -0.2) is 9.97 Å².